The maximum atomic E-state index is 12.7. The van der Waals surface area contributed by atoms with Crippen LogP contribution in [0.4, 0.5) is 5.13 Å². The first-order valence-corrected chi connectivity index (χ1v) is 10.2. The summed E-state index contributed by atoms with van der Waals surface area (Å²) in [5, 5.41) is 5.04. The molecule has 2 aromatic heterocycles. The zero-order valence-corrected chi connectivity index (χ0v) is 17.6. The number of nitrogens with one attached hydrogen (secondary N) is 2. The number of aryl methyl sites for hydroxylation is 1. The lowest BCUT2D eigenvalue weighted by molar-refractivity contribution is 0.102. The number of H-pyrrole nitrogens is 1. The van der Waals surface area contributed by atoms with E-state index in [0.717, 1.165) is 29.0 Å². The Morgan fingerprint density at radius 1 is 1.28 bits per heavy atom. The summed E-state index contributed by atoms with van der Waals surface area (Å²) >= 11 is 1.31. The number of rotatable bonds is 3. The van der Waals surface area contributed by atoms with E-state index in [4.69, 9.17) is 4.74 Å². The fourth-order valence-corrected chi connectivity index (χ4v) is 3.89. The van der Waals surface area contributed by atoms with Gasteiger partial charge in [-0.3, -0.25) is 14.9 Å². The smallest absolute Gasteiger partial charge is 0.264 e. The molecule has 150 valence electrons. The fraction of sp³-hybridized carbons (Fsp3) is 0.333. The number of anilines is 1. The summed E-state index contributed by atoms with van der Waals surface area (Å²) in [6, 6.07) is 5.96. The van der Waals surface area contributed by atoms with Crippen LogP contribution >= 0.6 is 11.3 Å². The second kappa shape index (κ2) is 7.11. The van der Waals surface area contributed by atoms with Gasteiger partial charge in [-0.1, -0.05) is 20.8 Å². The molecular formula is C21H22N4O3S. The van der Waals surface area contributed by atoms with Crippen LogP contribution in [0.3, 0.4) is 0 Å². The topological polar surface area (TPSA) is 97.0 Å². The zero-order chi connectivity index (χ0) is 20.8. The van der Waals surface area contributed by atoms with E-state index in [0.29, 0.717) is 23.3 Å². The van der Waals surface area contributed by atoms with E-state index in [1.165, 1.54) is 11.3 Å². The Labute approximate surface area is 172 Å². The van der Waals surface area contributed by atoms with Gasteiger partial charge in [-0.25, -0.2) is 9.97 Å². The van der Waals surface area contributed by atoms with E-state index in [9.17, 15) is 9.59 Å². The number of hydrogen-bond donors (Lipinski definition) is 2. The maximum Gasteiger partial charge on any atom is 0.264 e. The predicted molar refractivity (Wildman–Crippen MR) is 113 cm³/mol. The Morgan fingerprint density at radius 2 is 2.07 bits per heavy atom. The number of aromatic nitrogens is 3. The lowest BCUT2D eigenvalue weighted by Crippen LogP contribution is -2.30. The van der Waals surface area contributed by atoms with Crippen LogP contribution in [-0.4, -0.2) is 27.5 Å². The van der Waals surface area contributed by atoms with Gasteiger partial charge in [0.15, 0.2) is 5.13 Å². The molecule has 0 saturated carbocycles. The lowest BCUT2D eigenvalue weighted by Gasteiger charge is -2.18. The quantitative estimate of drug-likeness (QED) is 0.686. The molecule has 1 aromatic carbocycles. The highest BCUT2D eigenvalue weighted by molar-refractivity contribution is 7.14. The summed E-state index contributed by atoms with van der Waals surface area (Å²) in [6.45, 7) is 8.22. The number of aromatic amines is 1. The molecular weight excluding hydrogens is 388 g/mol. The third-order valence-corrected chi connectivity index (χ3v) is 5.51. The van der Waals surface area contributed by atoms with Crippen molar-refractivity contribution in [3.8, 4) is 17.0 Å². The molecule has 1 aliphatic heterocycles. The van der Waals surface area contributed by atoms with Crippen LogP contribution in [0.25, 0.3) is 11.3 Å². The first-order valence-electron chi connectivity index (χ1n) is 9.37. The molecule has 0 fully saturated rings. The highest BCUT2D eigenvalue weighted by atomic mass is 32.1. The van der Waals surface area contributed by atoms with Crippen LogP contribution in [0, 0.1) is 6.92 Å². The second-order valence-electron chi connectivity index (χ2n) is 8.04. The molecule has 3 aromatic rings. The van der Waals surface area contributed by atoms with Gasteiger partial charge in [0.25, 0.3) is 11.5 Å². The minimum absolute atomic E-state index is 0.00410. The number of ether oxygens (including phenoxy) is 1. The summed E-state index contributed by atoms with van der Waals surface area (Å²) in [7, 11) is 0. The van der Waals surface area contributed by atoms with Crippen LogP contribution in [0.1, 0.15) is 48.2 Å². The van der Waals surface area contributed by atoms with E-state index in [2.05, 4.69) is 26.3 Å². The molecule has 7 nitrogen and oxygen atoms in total. The van der Waals surface area contributed by atoms with E-state index in [1.807, 2.05) is 38.3 Å². The number of carbonyl (C=O) groups excluding carboxylic acids is 1. The van der Waals surface area contributed by atoms with Gasteiger partial charge in [-0.2, -0.15) is 0 Å². The highest BCUT2D eigenvalue weighted by Crippen LogP contribution is 2.32. The molecule has 1 aliphatic rings. The van der Waals surface area contributed by atoms with E-state index in [1.54, 1.807) is 6.92 Å². The van der Waals surface area contributed by atoms with Crippen LogP contribution in [0.5, 0.6) is 5.75 Å². The molecule has 0 aliphatic carbocycles. The average molecular weight is 410 g/mol. The molecule has 0 unspecified atom stereocenters. The van der Waals surface area contributed by atoms with E-state index < -0.39 is 11.5 Å². The van der Waals surface area contributed by atoms with Gasteiger partial charge >= 0.3 is 0 Å². The minimum Gasteiger partial charge on any atom is -0.493 e. The number of benzene rings is 1. The summed E-state index contributed by atoms with van der Waals surface area (Å²) < 4.78 is 5.53. The molecule has 0 saturated heterocycles. The van der Waals surface area contributed by atoms with Crippen molar-refractivity contribution in [1.82, 2.24) is 15.0 Å². The average Bonchev–Trinajstić information content (AvgIpc) is 3.28. The van der Waals surface area contributed by atoms with Gasteiger partial charge in [0.1, 0.15) is 17.1 Å². The summed E-state index contributed by atoms with van der Waals surface area (Å²) in [6.07, 6.45) is 0.885. The Morgan fingerprint density at radius 3 is 2.79 bits per heavy atom. The third-order valence-electron chi connectivity index (χ3n) is 4.75. The van der Waals surface area contributed by atoms with Gasteiger partial charge < -0.3 is 9.72 Å². The normalized spacial score (nSPS) is 13.1. The number of carbonyl (C=O) groups is 1. The van der Waals surface area contributed by atoms with Crippen molar-refractivity contribution in [2.75, 3.05) is 11.9 Å². The third kappa shape index (κ3) is 3.80. The number of nitrogens with zero attached hydrogens (tertiary/aromatic N) is 2. The van der Waals surface area contributed by atoms with Crippen LogP contribution in [0.2, 0.25) is 0 Å². The second-order valence-corrected chi connectivity index (χ2v) is 8.90. The van der Waals surface area contributed by atoms with Crippen LogP contribution in [-0.2, 0) is 11.8 Å². The molecule has 0 atom stereocenters. The zero-order valence-electron chi connectivity index (χ0n) is 16.8. The number of thiazole rings is 1. The fourth-order valence-electron chi connectivity index (χ4n) is 3.18. The van der Waals surface area contributed by atoms with E-state index in [-0.39, 0.29) is 11.0 Å². The molecule has 2 N–H and O–H groups in total. The monoisotopic (exact) mass is 410 g/mol. The number of fused-ring (bicyclic) bond motifs is 1. The standard InChI is InChI=1S/C21H22N4O3S/c1-11-16(17(26)24-19(22-11)21(2,3)4)18(27)25-20-23-14(10-29-20)12-5-6-15-13(9-12)7-8-28-15/h5-6,9-10H,7-8H2,1-4H3,(H,22,24,26)(H,23,25,27). The molecule has 8 heteroatoms. The van der Waals surface area contributed by atoms with Crippen molar-refractivity contribution in [2.24, 2.45) is 0 Å². The van der Waals surface area contributed by atoms with Gasteiger partial charge in [0.2, 0.25) is 0 Å². The molecule has 29 heavy (non-hydrogen) atoms. The minimum atomic E-state index is -0.514. The number of amides is 1. The Hall–Kier alpha value is -3.00. The molecule has 0 spiro atoms. The van der Waals surface area contributed by atoms with E-state index >= 15 is 0 Å². The summed E-state index contributed by atoms with van der Waals surface area (Å²) in [5.74, 6) is 0.951. The first kappa shape index (κ1) is 19.3. The van der Waals surface area contributed by atoms with Gasteiger partial charge in [-0.05, 0) is 30.7 Å². The molecule has 1 amide bonds. The summed E-state index contributed by atoms with van der Waals surface area (Å²) in [5.41, 5.74) is 2.53. The van der Waals surface area contributed by atoms with Gasteiger partial charge in [-0.15, -0.1) is 11.3 Å². The van der Waals surface area contributed by atoms with Crippen molar-refractivity contribution in [3.63, 3.8) is 0 Å². The molecule has 3 heterocycles. The predicted octanol–water partition coefficient (Wildman–Crippen LogP) is 3.69. The molecule has 0 bridgehead atoms. The summed E-state index contributed by atoms with van der Waals surface area (Å²) in [4.78, 5) is 36.8. The van der Waals surface area contributed by atoms with Gasteiger partial charge in [0.05, 0.1) is 18.0 Å². The highest BCUT2D eigenvalue weighted by Gasteiger charge is 2.23. The SMILES string of the molecule is Cc1nc(C(C)(C)C)[nH]c(=O)c1C(=O)Nc1nc(-c2ccc3c(c2)CCO3)cs1. The maximum absolute atomic E-state index is 12.7. The van der Waals surface area contributed by atoms with Crippen molar-refractivity contribution in [1.29, 1.82) is 0 Å². The van der Waals surface area contributed by atoms with Crippen molar-refractivity contribution in [3.05, 3.63) is 56.6 Å². The van der Waals surface area contributed by atoms with Crippen molar-refractivity contribution in [2.45, 2.75) is 39.5 Å². The van der Waals surface area contributed by atoms with Crippen LogP contribution < -0.4 is 15.6 Å². The lowest BCUT2D eigenvalue weighted by atomic mass is 9.95. The number of hydrogen-bond acceptors (Lipinski definition) is 6. The van der Waals surface area contributed by atoms with Gasteiger partial charge in [0, 0.05) is 22.8 Å². The Balaban J connectivity index is 1.56. The Kier molecular flexibility index (Phi) is 4.74. The van der Waals surface area contributed by atoms with Crippen molar-refractivity contribution >= 4 is 22.4 Å². The molecule has 4 rings (SSSR count). The largest absolute Gasteiger partial charge is 0.493 e. The van der Waals surface area contributed by atoms with Crippen molar-refractivity contribution < 1.29 is 9.53 Å². The Bertz CT molecular complexity index is 1160. The first-order chi connectivity index (χ1) is 13.7. The van der Waals surface area contributed by atoms with Crippen LogP contribution in [0.15, 0.2) is 28.4 Å². The molecule has 0 radical (unpaired) electrons.